The van der Waals surface area contributed by atoms with Gasteiger partial charge in [0.15, 0.2) is 5.13 Å². The Labute approximate surface area is 122 Å². The van der Waals surface area contributed by atoms with E-state index in [0.717, 1.165) is 27.9 Å². The van der Waals surface area contributed by atoms with Gasteiger partial charge in [-0.3, -0.25) is 4.98 Å². The van der Waals surface area contributed by atoms with E-state index < -0.39 is 0 Å². The molecule has 5 nitrogen and oxygen atoms in total. The Hall–Kier alpha value is -1.50. The lowest BCUT2D eigenvalue weighted by atomic mass is 10.3. The van der Waals surface area contributed by atoms with Crippen molar-refractivity contribution in [1.82, 2.24) is 9.97 Å². The van der Waals surface area contributed by atoms with Crippen molar-refractivity contribution in [3.63, 3.8) is 0 Å². The summed E-state index contributed by atoms with van der Waals surface area (Å²) in [5.41, 5.74) is 1.82. The number of nitrogens with zero attached hydrogens (tertiary/aromatic N) is 3. The topological polar surface area (TPSA) is 58.5 Å². The molecule has 0 saturated carbocycles. The molecule has 6 heteroatoms. The minimum atomic E-state index is -0.00248. The van der Waals surface area contributed by atoms with Crippen LogP contribution in [0.3, 0.4) is 0 Å². The Morgan fingerprint density at radius 2 is 2.25 bits per heavy atom. The number of ether oxygens (including phenoxy) is 1. The van der Waals surface area contributed by atoms with E-state index in [1.165, 1.54) is 11.3 Å². The molecule has 0 bridgehead atoms. The van der Waals surface area contributed by atoms with Crippen LogP contribution >= 0.6 is 11.3 Å². The van der Waals surface area contributed by atoms with Gasteiger partial charge in [0.2, 0.25) is 0 Å². The molecular weight excluding hydrogens is 274 g/mol. The lowest BCUT2D eigenvalue weighted by Crippen LogP contribution is -2.22. The Morgan fingerprint density at radius 3 is 2.85 bits per heavy atom. The molecule has 0 amide bonds. The average Bonchev–Trinajstić information content (AvgIpc) is 2.89. The molecule has 0 atom stereocenters. The van der Waals surface area contributed by atoms with E-state index in [2.05, 4.69) is 21.8 Å². The van der Waals surface area contributed by atoms with Crippen molar-refractivity contribution in [1.29, 1.82) is 0 Å². The normalized spacial score (nSPS) is 10.8. The van der Waals surface area contributed by atoms with Gasteiger partial charge in [0.1, 0.15) is 0 Å². The first-order chi connectivity index (χ1) is 9.78. The molecule has 0 fully saturated rings. The molecule has 1 N–H and O–H groups in total. The minimum Gasteiger partial charge on any atom is -0.391 e. The fraction of sp³-hybridized carbons (Fsp3) is 0.429. The Morgan fingerprint density at radius 1 is 1.40 bits per heavy atom. The van der Waals surface area contributed by atoms with Crippen LogP contribution in [0.2, 0.25) is 0 Å². The monoisotopic (exact) mass is 293 g/mol. The quantitative estimate of drug-likeness (QED) is 0.848. The van der Waals surface area contributed by atoms with Gasteiger partial charge in [-0.25, -0.2) is 4.98 Å². The maximum absolute atomic E-state index is 9.39. The first kappa shape index (κ1) is 14.9. The molecular formula is C14H19N3O2S. The van der Waals surface area contributed by atoms with Crippen LogP contribution in [0, 0.1) is 0 Å². The molecule has 2 aromatic rings. The molecule has 2 heterocycles. The number of aliphatic hydroxyl groups is 1. The van der Waals surface area contributed by atoms with Crippen molar-refractivity contribution in [2.45, 2.75) is 26.7 Å². The lowest BCUT2D eigenvalue weighted by Gasteiger charge is -2.19. The molecule has 108 valence electrons. The smallest absolute Gasteiger partial charge is 0.186 e. The number of pyridine rings is 1. The molecule has 20 heavy (non-hydrogen) atoms. The maximum atomic E-state index is 9.39. The molecule has 0 aliphatic carbocycles. The highest BCUT2D eigenvalue weighted by molar-refractivity contribution is 7.15. The maximum Gasteiger partial charge on any atom is 0.186 e. The summed E-state index contributed by atoms with van der Waals surface area (Å²) in [4.78, 5) is 11.9. The molecule has 0 spiro atoms. The second-order valence-electron chi connectivity index (χ2n) is 4.29. The number of thiazole rings is 1. The van der Waals surface area contributed by atoms with E-state index in [-0.39, 0.29) is 6.61 Å². The van der Waals surface area contributed by atoms with Crippen LogP contribution in [-0.4, -0.2) is 28.7 Å². The van der Waals surface area contributed by atoms with Crippen LogP contribution < -0.4 is 4.90 Å². The van der Waals surface area contributed by atoms with Gasteiger partial charge >= 0.3 is 0 Å². The highest BCUT2D eigenvalue weighted by Gasteiger charge is 2.15. The van der Waals surface area contributed by atoms with Crippen LogP contribution in [0.1, 0.15) is 23.2 Å². The van der Waals surface area contributed by atoms with Gasteiger partial charge in [-0.15, -0.1) is 0 Å². The Balaban J connectivity index is 2.18. The third kappa shape index (κ3) is 3.53. The zero-order valence-corrected chi connectivity index (χ0v) is 12.6. The van der Waals surface area contributed by atoms with Crippen molar-refractivity contribution in [3.05, 3.63) is 40.7 Å². The Kier molecular flexibility index (Phi) is 5.46. The van der Waals surface area contributed by atoms with Gasteiger partial charge in [0, 0.05) is 19.9 Å². The largest absolute Gasteiger partial charge is 0.391 e. The third-order valence-corrected chi connectivity index (χ3v) is 4.07. The van der Waals surface area contributed by atoms with Crippen molar-refractivity contribution >= 4 is 16.5 Å². The van der Waals surface area contributed by atoms with E-state index in [0.29, 0.717) is 13.2 Å². The summed E-state index contributed by atoms with van der Waals surface area (Å²) < 4.78 is 5.12. The number of methoxy groups -OCH3 is 1. The summed E-state index contributed by atoms with van der Waals surface area (Å²) in [6, 6.07) is 5.89. The lowest BCUT2D eigenvalue weighted by molar-refractivity contribution is 0.179. The highest BCUT2D eigenvalue weighted by Crippen LogP contribution is 2.27. The number of aromatic nitrogens is 2. The zero-order valence-electron chi connectivity index (χ0n) is 11.7. The molecule has 2 rings (SSSR count). The van der Waals surface area contributed by atoms with Crippen molar-refractivity contribution in [2.75, 3.05) is 18.6 Å². The van der Waals surface area contributed by atoms with Crippen molar-refractivity contribution in [2.24, 2.45) is 0 Å². The van der Waals surface area contributed by atoms with Gasteiger partial charge < -0.3 is 14.7 Å². The molecule has 0 saturated heterocycles. The molecule has 0 unspecified atom stereocenters. The van der Waals surface area contributed by atoms with Crippen molar-refractivity contribution in [3.8, 4) is 0 Å². The summed E-state index contributed by atoms with van der Waals surface area (Å²) in [6.07, 6.45) is 1.79. The average molecular weight is 293 g/mol. The number of hydrogen-bond acceptors (Lipinski definition) is 6. The van der Waals surface area contributed by atoms with Crippen LogP contribution in [0.5, 0.6) is 0 Å². The summed E-state index contributed by atoms with van der Waals surface area (Å²) in [7, 11) is 1.63. The van der Waals surface area contributed by atoms with Crippen LogP contribution in [0.15, 0.2) is 24.4 Å². The van der Waals surface area contributed by atoms with E-state index in [1.807, 2.05) is 18.2 Å². The fourth-order valence-corrected chi connectivity index (χ4v) is 2.87. The second kappa shape index (κ2) is 7.33. The Bertz CT molecular complexity index is 530. The van der Waals surface area contributed by atoms with Gasteiger partial charge in [0.05, 0.1) is 36.0 Å². The summed E-state index contributed by atoms with van der Waals surface area (Å²) in [6.45, 7) is 4.05. The van der Waals surface area contributed by atoms with Gasteiger partial charge in [0.25, 0.3) is 0 Å². The third-order valence-electron chi connectivity index (χ3n) is 2.92. The van der Waals surface area contributed by atoms with E-state index in [4.69, 9.17) is 4.74 Å². The number of aliphatic hydroxyl groups excluding tert-OH is 1. The molecule has 2 aromatic heterocycles. The second-order valence-corrected chi connectivity index (χ2v) is 5.35. The summed E-state index contributed by atoms with van der Waals surface area (Å²) in [5, 5.41) is 10.3. The van der Waals surface area contributed by atoms with Gasteiger partial charge in [-0.1, -0.05) is 17.4 Å². The highest BCUT2D eigenvalue weighted by atomic mass is 32.1. The molecule has 0 radical (unpaired) electrons. The zero-order chi connectivity index (χ0) is 14.4. The van der Waals surface area contributed by atoms with Gasteiger partial charge in [-0.05, 0) is 19.1 Å². The molecule has 0 aromatic carbocycles. The number of anilines is 1. The fourth-order valence-electron chi connectivity index (χ4n) is 1.88. The van der Waals surface area contributed by atoms with Crippen LogP contribution in [0.25, 0.3) is 0 Å². The first-order valence-electron chi connectivity index (χ1n) is 6.51. The summed E-state index contributed by atoms with van der Waals surface area (Å²) in [5.74, 6) is 0. The van der Waals surface area contributed by atoms with Gasteiger partial charge in [-0.2, -0.15) is 0 Å². The molecule has 0 aliphatic heterocycles. The van der Waals surface area contributed by atoms with Crippen molar-refractivity contribution < 1.29 is 9.84 Å². The minimum absolute atomic E-state index is 0.00248. The van der Waals surface area contributed by atoms with Crippen LogP contribution in [0.4, 0.5) is 5.13 Å². The summed E-state index contributed by atoms with van der Waals surface area (Å²) >= 11 is 1.51. The number of hydrogen-bond donors (Lipinski definition) is 1. The SMILES string of the molecule is CCN(Cc1ccccn1)c1nc(COC)c(CO)s1. The van der Waals surface area contributed by atoms with E-state index >= 15 is 0 Å². The van der Waals surface area contributed by atoms with Crippen LogP contribution in [-0.2, 0) is 24.5 Å². The first-order valence-corrected chi connectivity index (χ1v) is 7.33. The standard InChI is InChI=1S/C14H19N3O2S/c1-3-17(8-11-6-4-5-7-15-11)14-16-12(10-19-2)13(9-18)20-14/h4-7,18H,3,8-10H2,1-2H3. The van der Waals surface area contributed by atoms with E-state index in [1.54, 1.807) is 13.3 Å². The van der Waals surface area contributed by atoms with E-state index in [9.17, 15) is 5.11 Å². The molecule has 0 aliphatic rings. The predicted octanol–water partition coefficient (Wildman–Crippen LogP) is 2.20. The number of rotatable bonds is 7. The predicted molar refractivity (Wildman–Crippen MR) is 79.7 cm³/mol.